The first-order valence-electron chi connectivity index (χ1n) is 6.74. The van der Waals surface area contributed by atoms with Crippen molar-refractivity contribution >= 4 is 5.97 Å². The smallest absolute Gasteiger partial charge is 0.356 e. The van der Waals surface area contributed by atoms with Crippen molar-refractivity contribution in [1.82, 2.24) is 10.2 Å². The summed E-state index contributed by atoms with van der Waals surface area (Å²) in [4.78, 5) is 10.7. The molecule has 1 heterocycles. The molecule has 1 aromatic heterocycles. The highest BCUT2D eigenvalue weighted by Gasteiger charge is 2.11. The topological polar surface area (TPSA) is 75.2 Å². The number of aromatic nitrogens is 2. The molecule has 0 aliphatic heterocycles. The molecule has 0 saturated heterocycles. The number of aromatic amines is 1. The number of nitrogens with one attached hydrogen (secondary N) is 1. The van der Waals surface area contributed by atoms with E-state index in [9.17, 15) is 4.79 Å². The van der Waals surface area contributed by atoms with Crippen LogP contribution in [0.2, 0.25) is 0 Å². The second-order valence-corrected chi connectivity index (χ2v) is 4.97. The van der Waals surface area contributed by atoms with Crippen LogP contribution in [0.25, 0.3) is 0 Å². The van der Waals surface area contributed by atoms with Crippen LogP contribution in [0.4, 0.5) is 0 Å². The van der Waals surface area contributed by atoms with Gasteiger partial charge in [-0.1, -0.05) is 6.07 Å². The number of aryl methyl sites for hydroxylation is 2. The quantitative estimate of drug-likeness (QED) is 0.875. The molecule has 1 aliphatic carbocycles. The van der Waals surface area contributed by atoms with E-state index >= 15 is 0 Å². The van der Waals surface area contributed by atoms with Gasteiger partial charge in [0.1, 0.15) is 5.75 Å². The summed E-state index contributed by atoms with van der Waals surface area (Å²) >= 11 is 0. The van der Waals surface area contributed by atoms with E-state index in [0.29, 0.717) is 13.0 Å². The third kappa shape index (κ3) is 2.66. The minimum Gasteiger partial charge on any atom is -0.493 e. The molecule has 20 heavy (non-hydrogen) atoms. The van der Waals surface area contributed by atoms with Crippen LogP contribution in [-0.4, -0.2) is 27.9 Å². The highest BCUT2D eigenvalue weighted by Crippen LogP contribution is 2.26. The zero-order valence-electron chi connectivity index (χ0n) is 11.1. The standard InChI is InChI=1S/C15H16N2O3/c18-15(19)14-9-12(16-17-14)6-7-20-13-5-4-10-2-1-3-11(10)8-13/h4-5,8-9H,1-3,6-7H2,(H,16,17)(H,18,19). The first-order chi connectivity index (χ1) is 9.72. The van der Waals surface area contributed by atoms with Gasteiger partial charge in [0.25, 0.3) is 0 Å². The first-order valence-corrected chi connectivity index (χ1v) is 6.74. The van der Waals surface area contributed by atoms with E-state index in [0.717, 1.165) is 17.9 Å². The maximum atomic E-state index is 10.7. The molecule has 104 valence electrons. The van der Waals surface area contributed by atoms with Gasteiger partial charge in [-0.15, -0.1) is 0 Å². The number of carboxylic acids is 1. The van der Waals surface area contributed by atoms with Gasteiger partial charge in [-0.05, 0) is 48.6 Å². The average molecular weight is 272 g/mol. The molecule has 0 bridgehead atoms. The van der Waals surface area contributed by atoms with Gasteiger partial charge in [0.15, 0.2) is 5.69 Å². The summed E-state index contributed by atoms with van der Waals surface area (Å²) in [6.07, 6.45) is 4.14. The van der Waals surface area contributed by atoms with E-state index in [4.69, 9.17) is 9.84 Å². The van der Waals surface area contributed by atoms with Crippen molar-refractivity contribution in [3.8, 4) is 5.75 Å². The van der Waals surface area contributed by atoms with Crippen LogP contribution < -0.4 is 4.74 Å². The number of hydrogen-bond acceptors (Lipinski definition) is 3. The van der Waals surface area contributed by atoms with Crippen molar-refractivity contribution in [1.29, 1.82) is 0 Å². The Hall–Kier alpha value is -2.30. The number of carboxylic acid groups (broad SMARTS) is 1. The van der Waals surface area contributed by atoms with Crippen LogP contribution in [0.1, 0.15) is 33.7 Å². The molecule has 3 rings (SSSR count). The van der Waals surface area contributed by atoms with Gasteiger partial charge in [-0.25, -0.2) is 4.79 Å². The lowest BCUT2D eigenvalue weighted by atomic mass is 10.1. The Labute approximate surface area is 116 Å². The SMILES string of the molecule is O=C(O)c1cc(CCOc2ccc3c(c2)CCC3)[nH]n1. The van der Waals surface area contributed by atoms with Crippen molar-refractivity contribution < 1.29 is 14.6 Å². The monoisotopic (exact) mass is 272 g/mol. The average Bonchev–Trinajstić information content (AvgIpc) is 3.06. The third-order valence-electron chi connectivity index (χ3n) is 3.56. The van der Waals surface area contributed by atoms with Crippen LogP contribution in [-0.2, 0) is 19.3 Å². The number of fused-ring (bicyclic) bond motifs is 1. The molecular formula is C15H16N2O3. The van der Waals surface area contributed by atoms with Crippen LogP contribution in [0.3, 0.4) is 0 Å². The fourth-order valence-corrected chi connectivity index (χ4v) is 2.52. The molecule has 0 atom stereocenters. The fraction of sp³-hybridized carbons (Fsp3) is 0.333. The van der Waals surface area contributed by atoms with Gasteiger partial charge in [0.05, 0.1) is 6.61 Å². The van der Waals surface area contributed by atoms with Crippen molar-refractivity contribution in [2.24, 2.45) is 0 Å². The summed E-state index contributed by atoms with van der Waals surface area (Å²) in [5.41, 5.74) is 3.62. The Kier molecular flexibility index (Phi) is 3.41. The molecule has 1 aromatic carbocycles. The Morgan fingerprint density at radius 3 is 2.95 bits per heavy atom. The molecule has 0 amide bonds. The lowest BCUT2D eigenvalue weighted by molar-refractivity contribution is 0.0690. The normalized spacial score (nSPS) is 13.2. The Morgan fingerprint density at radius 2 is 2.15 bits per heavy atom. The molecule has 5 nitrogen and oxygen atoms in total. The van der Waals surface area contributed by atoms with Gasteiger partial charge in [-0.2, -0.15) is 5.10 Å². The number of nitrogens with zero attached hydrogens (tertiary/aromatic N) is 1. The molecule has 2 aromatic rings. The van der Waals surface area contributed by atoms with Gasteiger partial charge >= 0.3 is 5.97 Å². The van der Waals surface area contributed by atoms with Crippen molar-refractivity contribution in [2.45, 2.75) is 25.7 Å². The summed E-state index contributed by atoms with van der Waals surface area (Å²) in [5, 5.41) is 15.2. The Morgan fingerprint density at radius 1 is 1.30 bits per heavy atom. The number of carbonyl (C=O) groups is 1. The lowest BCUT2D eigenvalue weighted by Crippen LogP contribution is -2.02. The first kappa shape index (κ1) is 12.7. The van der Waals surface area contributed by atoms with Gasteiger partial charge in [-0.3, -0.25) is 5.10 Å². The highest BCUT2D eigenvalue weighted by molar-refractivity contribution is 5.85. The molecule has 0 unspecified atom stereocenters. The Bertz CT molecular complexity index is 634. The van der Waals surface area contributed by atoms with Gasteiger partial charge in [0.2, 0.25) is 0 Å². The van der Waals surface area contributed by atoms with Crippen LogP contribution >= 0.6 is 0 Å². The zero-order chi connectivity index (χ0) is 13.9. The molecule has 0 saturated carbocycles. The third-order valence-corrected chi connectivity index (χ3v) is 3.56. The van der Waals surface area contributed by atoms with Crippen molar-refractivity contribution in [3.05, 3.63) is 46.8 Å². The predicted octanol–water partition coefficient (Wildman–Crippen LogP) is 2.22. The van der Waals surface area contributed by atoms with E-state index in [1.807, 2.05) is 6.07 Å². The number of ether oxygens (including phenoxy) is 1. The highest BCUT2D eigenvalue weighted by atomic mass is 16.5. The second-order valence-electron chi connectivity index (χ2n) is 4.97. The lowest BCUT2D eigenvalue weighted by Gasteiger charge is -2.07. The van der Waals surface area contributed by atoms with Crippen LogP contribution in [0.5, 0.6) is 5.75 Å². The summed E-state index contributed by atoms with van der Waals surface area (Å²) in [6, 6.07) is 7.78. The number of hydrogen-bond donors (Lipinski definition) is 2. The van der Waals surface area contributed by atoms with E-state index in [-0.39, 0.29) is 5.69 Å². The van der Waals surface area contributed by atoms with Crippen LogP contribution in [0, 0.1) is 0 Å². The molecule has 1 aliphatic rings. The minimum atomic E-state index is -1.02. The van der Waals surface area contributed by atoms with E-state index in [2.05, 4.69) is 22.3 Å². The molecule has 2 N–H and O–H groups in total. The predicted molar refractivity (Wildman–Crippen MR) is 73.2 cm³/mol. The summed E-state index contributed by atoms with van der Waals surface area (Å²) in [7, 11) is 0. The van der Waals surface area contributed by atoms with Gasteiger partial charge in [0, 0.05) is 12.1 Å². The van der Waals surface area contributed by atoms with Gasteiger partial charge < -0.3 is 9.84 Å². The molecule has 5 heteroatoms. The molecule has 0 radical (unpaired) electrons. The van der Waals surface area contributed by atoms with E-state index < -0.39 is 5.97 Å². The largest absolute Gasteiger partial charge is 0.493 e. The number of rotatable bonds is 5. The molecular weight excluding hydrogens is 256 g/mol. The minimum absolute atomic E-state index is 0.0394. The van der Waals surface area contributed by atoms with E-state index in [1.165, 1.54) is 30.0 Å². The number of H-pyrrole nitrogens is 1. The molecule has 0 spiro atoms. The summed E-state index contributed by atoms with van der Waals surface area (Å²) < 4.78 is 5.71. The van der Waals surface area contributed by atoms with Crippen molar-refractivity contribution in [2.75, 3.05) is 6.61 Å². The number of aromatic carboxylic acids is 1. The zero-order valence-corrected chi connectivity index (χ0v) is 11.1. The maximum Gasteiger partial charge on any atom is 0.356 e. The summed E-state index contributed by atoms with van der Waals surface area (Å²) in [6.45, 7) is 0.500. The maximum absolute atomic E-state index is 10.7. The second kappa shape index (κ2) is 5.36. The summed E-state index contributed by atoms with van der Waals surface area (Å²) in [5.74, 6) is -0.143. The molecule has 0 fully saturated rings. The van der Waals surface area contributed by atoms with Crippen LogP contribution in [0.15, 0.2) is 24.3 Å². The fourth-order valence-electron chi connectivity index (χ4n) is 2.52. The number of benzene rings is 1. The van der Waals surface area contributed by atoms with Crippen molar-refractivity contribution in [3.63, 3.8) is 0 Å². The Balaban J connectivity index is 1.55. The van der Waals surface area contributed by atoms with E-state index in [1.54, 1.807) is 0 Å².